The maximum absolute atomic E-state index is 12.4. The Kier molecular flexibility index (Phi) is 6.19. The summed E-state index contributed by atoms with van der Waals surface area (Å²) in [5, 5.41) is 22.6. The third kappa shape index (κ3) is 3.87. The van der Waals surface area contributed by atoms with E-state index in [1.165, 1.54) is 6.20 Å². The van der Waals surface area contributed by atoms with Crippen molar-refractivity contribution in [1.82, 2.24) is 20.8 Å². The number of rotatable bonds is 5. The number of aromatic nitrogens is 2. The maximum Gasteiger partial charge on any atom is 0.255 e. The molecule has 0 radical (unpaired) electrons. The number of carbonyl (C=O) groups is 1. The minimum atomic E-state index is -0.416. The van der Waals surface area contributed by atoms with Crippen LogP contribution in [0.4, 0.5) is 0 Å². The lowest BCUT2D eigenvalue weighted by Crippen LogP contribution is -2.34. The highest BCUT2D eigenvalue weighted by Gasteiger charge is 2.25. The molecule has 7 nitrogen and oxygen atoms in total. The summed E-state index contributed by atoms with van der Waals surface area (Å²) in [5.74, 6) is 0.584. The molecule has 2 unspecified atom stereocenters. The Morgan fingerprint density at radius 1 is 1.38 bits per heavy atom. The number of hydrogen-bond donors (Lipinski definition) is 4. The number of hydrogen-bond acceptors (Lipinski definition) is 5. The Morgan fingerprint density at radius 2 is 2.12 bits per heavy atom. The Labute approximate surface area is 146 Å². The monoisotopic (exact) mass is 352 g/mol. The van der Waals surface area contributed by atoms with E-state index in [1.807, 2.05) is 24.3 Å². The smallest absolute Gasteiger partial charge is 0.255 e. The van der Waals surface area contributed by atoms with Gasteiger partial charge in [0.2, 0.25) is 0 Å². The highest BCUT2D eigenvalue weighted by Crippen LogP contribution is 2.23. The van der Waals surface area contributed by atoms with Gasteiger partial charge in [-0.2, -0.15) is 5.10 Å². The predicted molar refractivity (Wildman–Crippen MR) is 92.5 cm³/mol. The van der Waals surface area contributed by atoms with Crippen LogP contribution in [0.3, 0.4) is 0 Å². The average Bonchev–Trinajstić information content (AvgIpc) is 3.22. The summed E-state index contributed by atoms with van der Waals surface area (Å²) >= 11 is 0. The quantitative estimate of drug-likeness (QED) is 0.638. The van der Waals surface area contributed by atoms with Crippen molar-refractivity contribution in [2.24, 2.45) is 5.92 Å². The fourth-order valence-electron chi connectivity index (χ4n) is 2.68. The van der Waals surface area contributed by atoms with E-state index in [0.717, 1.165) is 11.3 Å². The number of halogens is 1. The van der Waals surface area contributed by atoms with Gasteiger partial charge < -0.3 is 20.5 Å². The number of H-pyrrole nitrogens is 1. The summed E-state index contributed by atoms with van der Waals surface area (Å²) in [5.41, 5.74) is 2.00. The summed E-state index contributed by atoms with van der Waals surface area (Å²) in [7, 11) is 1.61. The fourth-order valence-corrected chi connectivity index (χ4v) is 2.68. The molecule has 0 bridgehead atoms. The first-order valence-corrected chi connectivity index (χ1v) is 7.54. The molecule has 1 aliphatic rings. The van der Waals surface area contributed by atoms with Crippen LogP contribution in [-0.2, 0) is 0 Å². The van der Waals surface area contributed by atoms with Gasteiger partial charge in [-0.3, -0.25) is 9.89 Å². The minimum Gasteiger partial charge on any atom is -0.497 e. The molecule has 1 aromatic heterocycles. The van der Waals surface area contributed by atoms with Gasteiger partial charge >= 0.3 is 0 Å². The maximum atomic E-state index is 12.4. The molecular weight excluding hydrogens is 332 g/mol. The largest absolute Gasteiger partial charge is 0.497 e. The average molecular weight is 353 g/mol. The highest BCUT2D eigenvalue weighted by atomic mass is 35.5. The van der Waals surface area contributed by atoms with Crippen LogP contribution in [0.2, 0.25) is 0 Å². The zero-order chi connectivity index (χ0) is 16.2. The predicted octanol–water partition coefficient (Wildman–Crippen LogP) is 0.817. The molecule has 130 valence electrons. The first kappa shape index (κ1) is 18.3. The van der Waals surface area contributed by atoms with Crippen LogP contribution in [0.5, 0.6) is 5.75 Å². The molecule has 0 aliphatic carbocycles. The van der Waals surface area contributed by atoms with Crippen molar-refractivity contribution in [2.45, 2.75) is 6.10 Å². The Hall–Kier alpha value is -2.09. The van der Waals surface area contributed by atoms with Gasteiger partial charge in [0.1, 0.15) is 5.75 Å². The van der Waals surface area contributed by atoms with Gasteiger partial charge in [0, 0.05) is 31.1 Å². The van der Waals surface area contributed by atoms with E-state index in [2.05, 4.69) is 20.8 Å². The molecule has 2 aromatic rings. The van der Waals surface area contributed by atoms with Crippen LogP contribution >= 0.6 is 12.4 Å². The van der Waals surface area contributed by atoms with Crippen molar-refractivity contribution in [2.75, 3.05) is 26.7 Å². The first-order valence-electron chi connectivity index (χ1n) is 7.54. The Balaban J connectivity index is 0.00000208. The van der Waals surface area contributed by atoms with Crippen molar-refractivity contribution in [1.29, 1.82) is 0 Å². The standard InChI is InChI=1S/C16H20N4O3.ClH/c1-23-12-4-2-10(3-5-12)15-13(8-19-20-15)16(22)18-7-11-6-17-9-14(11)21;/h2-5,8,11,14,17,21H,6-7,9H2,1H3,(H,18,22)(H,19,20);1H. The topological polar surface area (TPSA) is 99.3 Å². The van der Waals surface area contributed by atoms with Crippen LogP contribution in [0.1, 0.15) is 10.4 Å². The van der Waals surface area contributed by atoms with Crippen molar-refractivity contribution in [3.8, 4) is 17.0 Å². The molecule has 1 fully saturated rings. The number of aliphatic hydroxyl groups excluding tert-OH is 1. The number of β-amino-alcohol motifs (C(OH)–C–C–N with tert-alkyl or cyclic N) is 1. The van der Waals surface area contributed by atoms with Crippen LogP contribution < -0.4 is 15.4 Å². The van der Waals surface area contributed by atoms with Gasteiger partial charge in [0.25, 0.3) is 5.91 Å². The molecule has 2 heterocycles. The zero-order valence-corrected chi connectivity index (χ0v) is 14.1. The van der Waals surface area contributed by atoms with E-state index in [-0.39, 0.29) is 24.2 Å². The number of nitrogens with zero attached hydrogens (tertiary/aromatic N) is 1. The second-order valence-corrected chi connectivity index (χ2v) is 5.58. The van der Waals surface area contributed by atoms with Crippen LogP contribution in [0.15, 0.2) is 30.5 Å². The summed E-state index contributed by atoms with van der Waals surface area (Å²) < 4.78 is 5.14. The fraction of sp³-hybridized carbons (Fsp3) is 0.375. The van der Waals surface area contributed by atoms with Gasteiger partial charge in [-0.15, -0.1) is 12.4 Å². The minimum absolute atomic E-state index is 0. The number of aliphatic hydroxyl groups is 1. The summed E-state index contributed by atoms with van der Waals surface area (Å²) in [6.45, 7) is 1.71. The van der Waals surface area contributed by atoms with Gasteiger partial charge in [-0.1, -0.05) is 0 Å². The Bertz CT molecular complexity index is 674. The van der Waals surface area contributed by atoms with Crippen molar-refractivity contribution in [3.63, 3.8) is 0 Å². The molecular formula is C16H21ClN4O3. The molecule has 8 heteroatoms. The lowest BCUT2D eigenvalue weighted by atomic mass is 10.1. The number of carbonyl (C=O) groups excluding carboxylic acids is 1. The second-order valence-electron chi connectivity index (χ2n) is 5.58. The molecule has 3 rings (SSSR count). The Morgan fingerprint density at radius 3 is 2.75 bits per heavy atom. The van der Waals surface area contributed by atoms with Crippen molar-refractivity contribution >= 4 is 18.3 Å². The normalized spacial score (nSPS) is 19.6. The molecule has 1 amide bonds. The lowest BCUT2D eigenvalue weighted by Gasteiger charge is -2.14. The molecule has 1 aromatic carbocycles. The molecule has 1 aliphatic heterocycles. The van der Waals surface area contributed by atoms with E-state index >= 15 is 0 Å². The number of benzene rings is 1. The highest BCUT2D eigenvalue weighted by molar-refractivity contribution is 5.99. The second kappa shape index (κ2) is 8.14. The number of aromatic amines is 1. The van der Waals surface area contributed by atoms with Gasteiger partial charge in [0.15, 0.2) is 0 Å². The molecule has 0 saturated carbocycles. The zero-order valence-electron chi connectivity index (χ0n) is 13.3. The van der Waals surface area contributed by atoms with Crippen molar-refractivity contribution < 1.29 is 14.6 Å². The van der Waals surface area contributed by atoms with Crippen molar-refractivity contribution in [3.05, 3.63) is 36.0 Å². The number of methoxy groups -OCH3 is 1. The van der Waals surface area contributed by atoms with E-state index in [1.54, 1.807) is 7.11 Å². The molecule has 0 spiro atoms. The number of nitrogens with one attached hydrogen (secondary N) is 3. The van der Waals surface area contributed by atoms with Gasteiger partial charge in [-0.25, -0.2) is 0 Å². The van der Waals surface area contributed by atoms with Crippen LogP contribution in [-0.4, -0.2) is 54.1 Å². The lowest BCUT2D eigenvalue weighted by molar-refractivity contribution is 0.0928. The van der Waals surface area contributed by atoms with Crippen LogP contribution in [0.25, 0.3) is 11.3 Å². The van der Waals surface area contributed by atoms with E-state index < -0.39 is 6.10 Å². The summed E-state index contributed by atoms with van der Waals surface area (Å²) in [6, 6.07) is 7.40. The summed E-state index contributed by atoms with van der Waals surface area (Å²) in [6.07, 6.45) is 1.10. The van der Waals surface area contributed by atoms with E-state index in [4.69, 9.17) is 4.74 Å². The molecule has 4 N–H and O–H groups in total. The van der Waals surface area contributed by atoms with Gasteiger partial charge in [0.05, 0.1) is 30.7 Å². The van der Waals surface area contributed by atoms with E-state index in [9.17, 15) is 9.90 Å². The molecule has 2 atom stereocenters. The first-order chi connectivity index (χ1) is 11.2. The van der Waals surface area contributed by atoms with E-state index in [0.29, 0.717) is 30.9 Å². The summed E-state index contributed by atoms with van der Waals surface area (Å²) in [4.78, 5) is 12.4. The molecule has 24 heavy (non-hydrogen) atoms. The third-order valence-corrected chi connectivity index (χ3v) is 4.09. The number of ether oxygens (including phenoxy) is 1. The third-order valence-electron chi connectivity index (χ3n) is 4.09. The van der Waals surface area contributed by atoms with Crippen LogP contribution in [0, 0.1) is 5.92 Å². The number of amides is 1. The molecule has 1 saturated heterocycles. The van der Waals surface area contributed by atoms with Gasteiger partial charge in [-0.05, 0) is 24.3 Å². The SMILES string of the molecule is COc1ccc(-c2[nH]ncc2C(=O)NCC2CNCC2O)cc1.Cl.